The van der Waals surface area contributed by atoms with Crippen LogP contribution < -0.4 is 5.32 Å². The minimum absolute atomic E-state index is 0.755. The zero-order chi connectivity index (χ0) is 13.1. The summed E-state index contributed by atoms with van der Waals surface area (Å²) in [6, 6.07) is 0.755. The van der Waals surface area contributed by atoms with Crippen LogP contribution in [0.4, 0.5) is 0 Å². The van der Waals surface area contributed by atoms with E-state index in [0.29, 0.717) is 0 Å². The molecule has 0 spiro atoms. The Morgan fingerprint density at radius 1 is 1.37 bits per heavy atom. The van der Waals surface area contributed by atoms with Gasteiger partial charge in [0, 0.05) is 19.0 Å². The van der Waals surface area contributed by atoms with Gasteiger partial charge in [0.1, 0.15) is 0 Å². The fourth-order valence-electron chi connectivity index (χ4n) is 2.87. The van der Waals surface area contributed by atoms with Gasteiger partial charge in [-0.2, -0.15) is 4.98 Å². The Labute approximate surface area is 114 Å². The van der Waals surface area contributed by atoms with E-state index in [9.17, 15) is 0 Å². The molecule has 5 nitrogen and oxygen atoms in total. The maximum Gasteiger partial charge on any atom is 0.226 e. The molecule has 1 aliphatic carbocycles. The van der Waals surface area contributed by atoms with E-state index in [1.165, 1.54) is 38.8 Å². The van der Waals surface area contributed by atoms with Crippen LogP contribution in [0.25, 0.3) is 0 Å². The van der Waals surface area contributed by atoms with Gasteiger partial charge in [0.2, 0.25) is 5.89 Å². The first-order valence-electron chi connectivity index (χ1n) is 7.61. The van der Waals surface area contributed by atoms with Crippen LogP contribution in [0.2, 0.25) is 0 Å². The number of nitrogens with zero attached hydrogens (tertiary/aromatic N) is 3. The highest BCUT2D eigenvalue weighted by atomic mass is 16.5. The summed E-state index contributed by atoms with van der Waals surface area (Å²) in [4.78, 5) is 6.99. The van der Waals surface area contributed by atoms with Crippen LogP contribution >= 0.6 is 0 Å². The molecule has 106 valence electrons. The highest BCUT2D eigenvalue weighted by Gasteiger charge is 2.31. The number of hydrogen-bond donors (Lipinski definition) is 1. The first-order chi connectivity index (χ1) is 9.35. The Kier molecular flexibility index (Phi) is 4.13. The molecule has 1 saturated heterocycles. The summed E-state index contributed by atoms with van der Waals surface area (Å²) in [6.07, 6.45) is 6.15. The Hall–Kier alpha value is -0.940. The third kappa shape index (κ3) is 3.54. The number of hydrogen-bond acceptors (Lipinski definition) is 5. The van der Waals surface area contributed by atoms with Gasteiger partial charge in [-0.05, 0) is 44.7 Å². The summed E-state index contributed by atoms with van der Waals surface area (Å²) in [7, 11) is 0. The van der Waals surface area contributed by atoms with Crippen LogP contribution in [-0.2, 0) is 13.0 Å². The van der Waals surface area contributed by atoms with Crippen LogP contribution in [0.5, 0.6) is 0 Å². The Morgan fingerprint density at radius 3 is 2.89 bits per heavy atom. The first-order valence-corrected chi connectivity index (χ1v) is 7.61. The smallest absolute Gasteiger partial charge is 0.226 e. The van der Waals surface area contributed by atoms with Crippen LogP contribution in [-0.4, -0.2) is 40.7 Å². The summed E-state index contributed by atoms with van der Waals surface area (Å²) >= 11 is 0. The molecule has 0 amide bonds. The number of rotatable bonds is 6. The monoisotopic (exact) mass is 264 g/mol. The lowest BCUT2D eigenvalue weighted by Gasteiger charge is -2.29. The van der Waals surface area contributed by atoms with E-state index in [-0.39, 0.29) is 0 Å². The largest absolute Gasteiger partial charge is 0.339 e. The van der Waals surface area contributed by atoms with Gasteiger partial charge in [0.25, 0.3) is 0 Å². The molecule has 2 heterocycles. The molecule has 0 aromatic carbocycles. The fraction of sp³-hybridized carbons (Fsp3) is 0.857. The Morgan fingerprint density at radius 2 is 2.26 bits per heavy atom. The molecule has 19 heavy (non-hydrogen) atoms. The molecule has 1 saturated carbocycles. The average molecular weight is 264 g/mol. The van der Waals surface area contributed by atoms with Crippen LogP contribution in [0.15, 0.2) is 4.52 Å². The molecule has 1 unspecified atom stereocenters. The maximum absolute atomic E-state index is 5.20. The van der Waals surface area contributed by atoms with E-state index >= 15 is 0 Å². The van der Waals surface area contributed by atoms with Crippen molar-refractivity contribution in [1.82, 2.24) is 20.4 Å². The number of nitrogens with one attached hydrogen (secondary N) is 1. The number of piperidine rings is 1. The Bertz CT molecular complexity index is 396. The van der Waals surface area contributed by atoms with E-state index in [1.807, 2.05) is 6.92 Å². The van der Waals surface area contributed by atoms with Crippen LogP contribution in [0, 0.1) is 5.92 Å². The van der Waals surface area contributed by atoms with Gasteiger partial charge in [-0.25, -0.2) is 0 Å². The second-order valence-electron chi connectivity index (χ2n) is 5.83. The van der Waals surface area contributed by atoms with Gasteiger partial charge >= 0.3 is 0 Å². The molecular formula is C14H24N4O. The van der Waals surface area contributed by atoms with Gasteiger partial charge in [-0.1, -0.05) is 12.1 Å². The van der Waals surface area contributed by atoms with Crippen molar-refractivity contribution in [2.24, 2.45) is 5.92 Å². The third-order valence-electron chi connectivity index (χ3n) is 4.11. The quantitative estimate of drug-likeness (QED) is 0.845. The highest BCUT2D eigenvalue weighted by Crippen LogP contribution is 2.29. The van der Waals surface area contributed by atoms with Crippen molar-refractivity contribution in [1.29, 1.82) is 0 Å². The van der Waals surface area contributed by atoms with E-state index in [2.05, 4.69) is 20.4 Å². The Balaban J connectivity index is 1.57. The van der Waals surface area contributed by atoms with E-state index in [4.69, 9.17) is 4.52 Å². The van der Waals surface area contributed by atoms with Gasteiger partial charge in [-0.3, -0.25) is 4.90 Å². The predicted molar refractivity (Wildman–Crippen MR) is 72.7 cm³/mol. The topological polar surface area (TPSA) is 54.2 Å². The second kappa shape index (κ2) is 6.01. The molecular weight excluding hydrogens is 240 g/mol. The summed E-state index contributed by atoms with van der Waals surface area (Å²) in [6.45, 7) is 6.42. The molecule has 5 heteroatoms. The van der Waals surface area contributed by atoms with Crippen molar-refractivity contribution >= 4 is 0 Å². The van der Waals surface area contributed by atoms with E-state index < -0.39 is 0 Å². The lowest BCUT2D eigenvalue weighted by molar-refractivity contribution is 0.187. The van der Waals surface area contributed by atoms with Crippen molar-refractivity contribution in [2.45, 2.75) is 51.6 Å². The SMILES string of the molecule is CCc1nc(CN(CC2CCCNC2)C2CC2)no1. The zero-order valence-electron chi connectivity index (χ0n) is 11.8. The van der Waals surface area contributed by atoms with Crippen LogP contribution in [0.1, 0.15) is 44.3 Å². The highest BCUT2D eigenvalue weighted by molar-refractivity contribution is 4.92. The molecule has 3 rings (SSSR count). The maximum atomic E-state index is 5.20. The average Bonchev–Trinajstić information content (AvgIpc) is 3.20. The summed E-state index contributed by atoms with van der Waals surface area (Å²) in [5.41, 5.74) is 0. The lowest BCUT2D eigenvalue weighted by atomic mass is 9.99. The number of aryl methyl sites for hydroxylation is 1. The first kappa shape index (κ1) is 13.1. The van der Waals surface area contributed by atoms with Gasteiger partial charge in [0.05, 0.1) is 6.54 Å². The van der Waals surface area contributed by atoms with Crippen molar-refractivity contribution in [3.8, 4) is 0 Å². The molecule has 2 aliphatic rings. The van der Waals surface area contributed by atoms with Crippen molar-refractivity contribution in [3.05, 3.63) is 11.7 Å². The normalized spacial score (nSPS) is 24.0. The molecule has 1 aromatic rings. The standard InChI is InChI=1S/C14H24N4O/c1-2-14-16-13(17-19-14)10-18(12-5-6-12)9-11-4-3-7-15-8-11/h11-12,15H,2-10H2,1H3. The summed E-state index contributed by atoms with van der Waals surface area (Å²) in [5.74, 6) is 2.39. The van der Waals surface area contributed by atoms with Gasteiger partial charge < -0.3 is 9.84 Å². The minimum Gasteiger partial charge on any atom is -0.339 e. The van der Waals surface area contributed by atoms with Gasteiger partial charge in [0.15, 0.2) is 5.82 Å². The third-order valence-corrected chi connectivity index (χ3v) is 4.11. The second-order valence-corrected chi connectivity index (χ2v) is 5.83. The molecule has 1 aromatic heterocycles. The van der Waals surface area contributed by atoms with Crippen molar-refractivity contribution in [2.75, 3.05) is 19.6 Å². The summed E-state index contributed by atoms with van der Waals surface area (Å²) in [5, 5.41) is 7.59. The zero-order valence-corrected chi connectivity index (χ0v) is 11.8. The molecule has 0 bridgehead atoms. The lowest BCUT2D eigenvalue weighted by Crippen LogP contribution is -2.39. The molecule has 1 N–H and O–H groups in total. The molecule has 2 fully saturated rings. The fourth-order valence-corrected chi connectivity index (χ4v) is 2.87. The predicted octanol–water partition coefficient (Wildman–Crippen LogP) is 1.60. The van der Waals surface area contributed by atoms with Gasteiger partial charge in [-0.15, -0.1) is 0 Å². The van der Waals surface area contributed by atoms with E-state index in [1.54, 1.807) is 0 Å². The molecule has 1 aliphatic heterocycles. The summed E-state index contributed by atoms with van der Waals surface area (Å²) < 4.78 is 5.20. The minimum atomic E-state index is 0.755. The van der Waals surface area contributed by atoms with Crippen molar-refractivity contribution in [3.63, 3.8) is 0 Å². The molecule has 0 radical (unpaired) electrons. The molecule has 1 atom stereocenters. The van der Waals surface area contributed by atoms with Crippen LogP contribution in [0.3, 0.4) is 0 Å². The number of aromatic nitrogens is 2. The van der Waals surface area contributed by atoms with E-state index in [0.717, 1.165) is 43.2 Å². The van der Waals surface area contributed by atoms with Crippen molar-refractivity contribution < 1.29 is 4.52 Å².